The summed E-state index contributed by atoms with van der Waals surface area (Å²) in [5, 5.41) is 0.689. The van der Waals surface area contributed by atoms with Gasteiger partial charge in [-0.05, 0) is 33.6 Å². The van der Waals surface area contributed by atoms with E-state index in [1.54, 1.807) is 18.2 Å². The minimum atomic E-state index is -4.18. The van der Waals surface area contributed by atoms with Crippen LogP contribution in [0.15, 0.2) is 22.7 Å². The van der Waals surface area contributed by atoms with E-state index in [4.69, 9.17) is 4.74 Å². The average Bonchev–Trinajstić information content (AvgIpc) is 2.18. The van der Waals surface area contributed by atoms with Crippen LogP contribution >= 0.6 is 31.9 Å². The quantitative estimate of drug-likeness (QED) is 0.708. The van der Waals surface area contributed by atoms with Crippen LogP contribution in [0.5, 0.6) is 5.75 Å². The zero-order valence-electron chi connectivity index (χ0n) is 8.15. The molecule has 1 nitrogen and oxygen atoms in total. The van der Waals surface area contributed by atoms with E-state index in [9.17, 15) is 13.2 Å². The van der Waals surface area contributed by atoms with E-state index in [1.807, 2.05) is 0 Å². The fourth-order valence-corrected chi connectivity index (χ4v) is 1.91. The smallest absolute Gasteiger partial charge is 0.392 e. The van der Waals surface area contributed by atoms with E-state index in [0.717, 1.165) is 5.56 Å². The molecule has 6 heteroatoms. The van der Waals surface area contributed by atoms with Gasteiger partial charge >= 0.3 is 6.18 Å². The number of hydrogen-bond acceptors (Lipinski definition) is 1. The average molecular weight is 362 g/mol. The zero-order chi connectivity index (χ0) is 12.2. The molecule has 0 N–H and O–H groups in total. The molecule has 90 valence electrons. The van der Waals surface area contributed by atoms with Crippen LogP contribution in [0.4, 0.5) is 13.2 Å². The summed E-state index contributed by atoms with van der Waals surface area (Å²) in [7, 11) is 0. The highest BCUT2D eigenvalue weighted by Gasteiger charge is 2.26. The molecule has 0 atom stereocenters. The fourth-order valence-electron chi connectivity index (χ4n) is 1.02. The van der Waals surface area contributed by atoms with E-state index in [0.29, 0.717) is 15.6 Å². The van der Waals surface area contributed by atoms with Gasteiger partial charge in [0, 0.05) is 5.33 Å². The molecule has 0 bridgehead atoms. The van der Waals surface area contributed by atoms with Crippen molar-refractivity contribution in [1.29, 1.82) is 0 Å². The van der Waals surface area contributed by atoms with E-state index in [1.165, 1.54) is 0 Å². The maximum atomic E-state index is 11.9. The lowest BCUT2D eigenvalue weighted by atomic mass is 10.2. The topological polar surface area (TPSA) is 9.23 Å². The van der Waals surface area contributed by atoms with Gasteiger partial charge in [0.05, 0.1) is 17.5 Å². The van der Waals surface area contributed by atoms with Crippen molar-refractivity contribution in [2.24, 2.45) is 0 Å². The fraction of sp³-hybridized carbons (Fsp3) is 0.400. The van der Waals surface area contributed by atoms with Crippen LogP contribution in [-0.4, -0.2) is 12.8 Å². The first-order chi connectivity index (χ1) is 7.42. The lowest BCUT2D eigenvalue weighted by Gasteiger charge is -2.10. The van der Waals surface area contributed by atoms with Crippen molar-refractivity contribution < 1.29 is 17.9 Å². The van der Waals surface area contributed by atoms with Crippen LogP contribution in [0.1, 0.15) is 12.0 Å². The van der Waals surface area contributed by atoms with Gasteiger partial charge in [-0.15, -0.1) is 0 Å². The van der Waals surface area contributed by atoms with E-state index >= 15 is 0 Å². The molecule has 1 aromatic rings. The number of rotatable bonds is 4. The Kier molecular flexibility index (Phi) is 5.11. The molecule has 0 saturated carbocycles. The van der Waals surface area contributed by atoms with Gasteiger partial charge in [-0.2, -0.15) is 13.2 Å². The third-order valence-corrected chi connectivity index (χ3v) is 3.06. The van der Waals surface area contributed by atoms with Gasteiger partial charge in [-0.3, -0.25) is 0 Å². The largest absolute Gasteiger partial charge is 0.492 e. The van der Waals surface area contributed by atoms with Gasteiger partial charge in [0.1, 0.15) is 5.75 Å². The van der Waals surface area contributed by atoms with Crippen LogP contribution < -0.4 is 4.74 Å². The first-order valence-corrected chi connectivity index (χ1v) is 6.38. The number of benzene rings is 1. The highest BCUT2D eigenvalue weighted by Crippen LogP contribution is 2.28. The Balaban J connectivity index is 2.55. The van der Waals surface area contributed by atoms with Crippen molar-refractivity contribution in [1.82, 2.24) is 0 Å². The molecular weight excluding hydrogens is 353 g/mol. The normalized spacial score (nSPS) is 11.6. The molecule has 16 heavy (non-hydrogen) atoms. The Labute approximate surface area is 108 Å². The number of hydrogen-bond donors (Lipinski definition) is 0. The second kappa shape index (κ2) is 5.91. The van der Waals surface area contributed by atoms with Crippen LogP contribution in [0, 0.1) is 0 Å². The summed E-state index contributed by atoms with van der Waals surface area (Å²) in [6.45, 7) is -0.365. The Morgan fingerprint density at radius 2 is 1.94 bits per heavy atom. The summed E-state index contributed by atoms with van der Waals surface area (Å²) in [6, 6.07) is 5.25. The van der Waals surface area contributed by atoms with Crippen molar-refractivity contribution in [3.8, 4) is 5.75 Å². The number of ether oxygens (including phenoxy) is 1. The van der Waals surface area contributed by atoms with Crippen molar-refractivity contribution in [3.05, 3.63) is 28.2 Å². The summed E-state index contributed by atoms with van der Waals surface area (Å²) in [4.78, 5) is 0. The van der Waals surface area contributed by atoms with Crippen molar-refractivity contribution >= 4 is 31.9 Å². The minimum absolute atomic E-state index is 0.365. The van der Waals surface area contributed by atoms with Crippen LogP contribution in [0.25, 0.3) is 0 Å². The molecule has 0 unspecified atom stereocenters. The molecule has 0 aliphatic rings. The summed E-state index contributed by atoms with van der Waals surface area (Å²) in [5.74, 6) is 0.425. The molecule has 0 amide bonds. The van der Waals surface area contributed by atoms with Crippen molar-refractivity contribution in [2.75, 3.05) is 6.61 Å². The Bertz CT molecular complexity index is 352. The molecule has 0 saturated heterocycles. The second-order valence-corrected chi connectivity index (χ2v) is 4.53. The third-order valence-electron chi connectivity index (χ3n) is 1.79. The Hall–Kier alpha value is -0.230. The molecule has 1 aromatic carbocycles. The molecule has 0 aromatic heterocycles. The van der Waals surface area contributed by atoms with Gasteiger partial charge in [-0.1, -0.05) is 22.0 Å². The van der Waals surface area contributed by atoms with Crippen LogP contribution in [-0.2, 0) is 5.33 Å². The Morgan fingerprint density at radius 1 is 1.25 bits per heavy atom. The lowest BCUT2D eigenvalue weighted by Crippen LogP contribution is -2.13. The predicted molar refractivity (Wildman–Crippen MR) is 62.9 cm³/mol. The number of alkyl halides is 4. The molecule has 0 fully saturated rings. The van der Waals surface area contributed by atoms with Gasteiger partial charge in [0.25, 0.3) is 0 Å². The standard InChI is InChI=1S/C10H9Br2F3O/c11-6-7-1-2-9(8(12)5-7)16-4-3-10(13,14)15/h1-2,5H,3-4,6H2. The molecule has 1 rings (SSSR count). The molecule has 0 spiro atoms. The summed E-state index contributed by atoms with van der Waals surface area (Å²) in [5.41, 5.74) is 1.02. The number of halogens is 5. The van der Waals surface area contributed by atoms with Crippen molar-refractivity contribution in [2.45, 2.75) is 17.9 Å². The lowest BCUT2D eigenvalue weighted by molar-refractivity contribution is -0.139. The van der Waals surface area contributed by atoms with Gasteiger partial charge in [0.15, 0.2) is 0 Å². The second-order valence-electron chi connectivity index (χ2n) is 3.11. The first kappa shape index (κ1) is 13.8. The van der Waals surface area contributed by atoms with E-state index in [2.05, 4.69) is 31.9 Å². The monoisotopic (exact) mass is 360 g/mol. The molecule has 0 radical (unpaired) electrons. The Morgan fingerprint density at radius 3 is 2.44 bits per heavy atom. The van der Waals surface area contributed by atoms with Crippen LogP contribution in [0.2, 0.25) is 0 Å². The summed E-state index contributed by atoms with van der Waals surface area (Å²) >= 11 is 6.53. The predicted octanol–water partition coefficient (Wildman–Crippen LogP) is 4.68. The molecule has 0 aliphatic carbocycles. The molecular formula is C10H9Br2F3O. The van der Waals surface area contributed by atoms with E-state index < -0.39 is 12.6 Å². The highest BCUT2D eigenvalue weighted by molar-refractivity contribution is 9.10. The van der Waals surface area contributed by atoms with Gasteiger partial charge in [0.2, 0.25) is 0 Å². The van der Waals surface area contributed by atoms with Gasteiger partial charge < -0.3 is 4.74 Å². The zero-order valence-corrected chi connectivity index (χ0v) is 11.3. The van der Waals surface area contributed by atoms with Crippen molar-refractivity contribution in [3.63, 3.8) is 0 Å². The van der Waals surface area contributed by atoms with Gasteiger partial charge in [-0.25, -0.2) is 0 Å². The molecule has 0 aliphatic heterocycles. The van der Waals surface area contributed by atoms with Crippen LogP contribution in [0.3, 0.4) is 0 Å². The summed E-state index contributed by atoms with van der Waals surface area (Å²) in [6.07, 6.45) is -5.12. The SMILES string of the molecule is FC(F)(F)CCOc1ccc(CBr)cc1Br. The maximum absolute atomic E-state index is 11.9. The highest BCUT2D eigenvalue weighted by atomic mass is 79.9. The minimum Gasteiger partial charge on any atom is -0.492 e. The van der Waals surface area contributed by atoms with E-state index in [-0.39, 0.29) is 6.61 Å². The molecule has 0 heterocycles. The maximum Gasteiger partial charge on any atom is 0.392 e. The first-order valence-electron chi connectivity index (χ1n) is 4.46. The third kappa shape index (κ3) is 4.74. The summed E-state index contributed by atoms with van der Waals surface area (Å²) < 4.78 is 41.3.